The van der Waals surface area contributed by atoms with Crippen molar-refractivity contribution in [1.29, 1.82) is 0 Å². The maximum Gasteiger partial charge on any atom is 0.278 e. The minimum Gasteiger partial charge on any atom is -0.493 e. The van der Waals surface area contributed by atoms with Crippen molar-refractivity contribution < 1.29 is 23.9 Å². The fourth-order valence-electron chi connectivity index (χ4n) is 1.40. The molecule has 1 rings (SSSR count). The monoisotopic (exact) mass is 259 g/mol. The first-order chi connectivity index (χ1) is 8.63. The lowest BCUT2D eigenvalue weighted by atomic mass is 10.1. The molecule has 0 amide bonds. The largest absolute Gasteiger partial charge is 0.493 e. The number of rotatable bonds is 7. The minimum absolute atomic E-state index is 0.0997. The number of hydrogen-bond acceptors (Lipinski definition) is 5. The van der Waals surface area contributed by atoms with E-state index in [4.69, 9.17) is 14.6 Å². The van der Waals surface area contributed by atoms with Crippen LogP contribution in [0.1, 0.15) is 12.0 Å². The van der Waals surface area contributed by atoms with Crippen LogP contribution in [0.5, 0.6) is 11.5 Å². The van der Waals surface area contributed by atoms with Crippen LogP contribution in [-0.2, 0) is 6.61 Å². The van der Waals surface area contributed by atoms with Crippen LogP contribution in [0.2, 0.25) is 0 Å². The van der Waals surface area contributed by atoms with Crippen LogP contribution in [0.25, 0.3) is 0 Å². The van der Waals surface area contributed by atoms with Gasteiger partial charge in [0.1, 0.15) is 0 Å². The lowest BCUT2D eigenvalue weighted by Gasteiger charge is -2.11. The van der Waals surface area contributed by atoms with E-state index in [0.29, 0.717) is 0 Å². The highest BCUT2D eigenvalue weighted by atomic mass is 19.1. The molecule has 1 aromatic carbocycles. The Morgan fingerprint density at radius 3 is 2.67 bits per heavy atom. The van der Waals surface area contributed by atoms with Gasteiger partial charge in [-0.05, 0) is 6.07 Å². The van der Waals surface area contributed by atoms with Gasteiger partial charge in [-0.2, -0.15) is 0 Å². The van der Waals surface area contributed by atoms with Gasteiger partial charge in [-0.15, -0.1) is 0 Å². The quantitative estimate of drug-likeness (QED) is 0.459. The summed E-state index contributed by atoms with van der Waals surface area (Å²) < 4.78 is 22.2. The maximum absolute atomic E-state index is 12.0. The zero-order valence-corrected chi connectivity index (χ0v) is 9.89. The summed E-state index contributed by atoms with van der Waals surface area (Å²) >= 11 is 0. The SMILES string of the molecule is COc1cc(CO)c([N+](=O)[O-])cc1OCCCF. The standard InChI is InChI=1S/C11H14FNO5/c1-17-10-5-8(7-14)9(13(15)16)6-11(10)18-4-2-3-12/h5-6,14H,2-4,7H2,1H3. The summed E-state index contributed by atoms with van der Waals surface area (Å²) in [5.74, 6) is 0.429. The molecule has 100 valence electrons. The Labute approximate surface area is 103 Å². The second kappa shape index (κ2) is 6.75. The van der Waals surface area contributed by atoms with Crippen LogP contribution < -0.4 is 9.47 Å². The Kier molecular flexibility index (Phi) is 5.31. The van der Waals surface area contributed by atoms with Gasteiger partial charge < -0.3 is 14.6 Å². The molecule has 0 fully saturated rings. The number of benzene rings is 1. The lowest BCUT2D eigenvalue weighted by Crippen LogP contribution is -2.03. The van der Waals surface area contributed by atoms with E-state index >= 15 is 0 Å². The third kappa shape index (κ3) is 3.30. The Hall–Kier alpha value is -1.89. The highest BCUT2D eigenvalue weighted by Gasteiger charge is 2.19. The number of nitro groups is 1. The van der Waals surface area contributed by atoms with E-state index in [2.05, 4.69) is 0 Å². The van der Waals surface area contributed by atoms with Gasteiger partial charge in [-0.3, -0.25) is 14.5 Å². The third-order valence-corrected chi connectivity index (χ3v) is 2.27. The first-order valence-corrected chi connectivity index (χ1v) is 5.29. The van der Waals surface area contributed by atoms with Crippen LogP contribution in [0.3, 0.4) is 0 Å². The number of hydrogen-bond donors (Lipinski definition) is 1. The van der Waals surface area contributed by atoms with E-state index in [1.807, 2.05) is 0 Å². The van der Waals surface area contributed by atoms with Crippen LogP contribution in [0.4, 0.5) is 10.1 Å². The minimum atomic E-state index is -0.618. The van der Waals surface area contributed by atoms with Crippen LogP contribution in [-0.4, -0.2) is 30.4 Å². The molecule has 1 aromatic rings. The molecule has 0 saturated carbocycles. The van der Waals surface area contributed by atoms with E-state index in [0.717, 1.165) is 0 Å². The van der Waals surface area contributed by atoms with Crippen LogP contribution in [0, 0.1) is 10.1 Å². The summed E-state index contributed by atoms with van der Waals surface area (Å²) in [6, 6.07) is 2.51. The van der Waals surface area contributed by atoms with Crippen molar-refractivity contribution in [1.82, 2.24) is 0 Å². The van der Waals surface area contributed by atoms with Gasteiger partial charge in [0.05, 0.1) is 43.6 Å². The highest BCUT2D eigenvalue weighted by molar-refractivity contribution is 5.54. The Bertz CT molecular complexity index is 424. The summed E-state index contributed by atoms with van der Waals surface area (Å²) in [6.07, 6.45) is 0.193. The van der Waals surface area contributed by atoms with Crippen molar-refractivity contribution >= 4 is 5.69 Å². The molecule has 0 heterocycles. The molecule has 0 aromatic heterocycles. The van der Waals surface area contributed by atoms with Crippen LogP contribution in [0.15, 0.2) is 12.1 Å². The lowest BCUT2D eigenvalue weighted by molar-refractivity contribution is -0.385. The van der Waals surface area contributed by atoms with E-state index in [-0.39, 0.29) is 35.8 Å². The first-order valence-electron chi connectivity index (χ1n) is 5.29. The molecule has 0 atom stereocenters. The topological polar surface area (TPSA) is 81.8 Å². The summed E-state index contributed by atoms with van der Waals surface area (Å²) in [7, 11) is 1.38. The fourth-order valence-corrected chi connectivity index (χ4v) is 1.40. The van der Waals surface area contributed by atoms with Gasteiger partial charge in [-0.1, -0.05) is 0 Å². The highest BCUT2D eigenvalue weighted by Crippen LogP contribution is 2.34. The zero-order chi connectivity index (χ0) is 13.5. The summed E-state index contributed by atoms with van der Waals surface area (Å²) in [5, 5.41) is 19.8. The van der Waals surface area contributed by atoms with E-state index in [9.17, 15) is 14.5 Å². The van der Waals surface area contributed by atoms with E-state index < -0.39 is 18.2 Å². The molecule has 18 heavy (non-hydrogen) atoms. The van der Waals surface area contributed by atoms with Crippen molar-refractivity contribution in [2.75, 3.05) is 20.4 Å². The Balaban J connectivity index is 3.07. The van der Waals surface area contributed by atoms with Gasteiger partial charge in [0.2, 0.25) is 0 Å². The smallest absolute Gasteiger partial charge is 0.278 e. The number of alkyl halides is 1. The summed E-state index contributed by atoms with van der Waals surface area (Å²) in [6.45, 7) is -0.904. The predicted molar refractivity (Wildman–Crippen MR) is 61.7 cm³/mol. The summed E-state index contributed by atoms with van der Waals surface area (Å²) in [5.41, 5.74) is -0.122. The first kappa shape index (κ1) is 14.2. The van der Waals surface area contributed by atoms with Crippen molar-refractivity contribution in [2.45, 2.75) is 13.0 Å². The molecule has 0 spiro atoms. The van der Waals surface area contributed by atoms with Crippen molar-refractivity contribution in [3.8, 4) is 11.5 Å². The van der Waals surface area contributed by atoms with Crippen molar-refractivity contribution in [3.05, 3.63) is 27.8 Å². The molecule has 0 aliphatic rings. The second-order valence-electron chi connectivity index (χ2n) is 3.44. The number of nitrogens with zero attached hydrogens (tertiary/aromatic N) is 1. The average Bonchev–Trinajstić information content (AvgIpc) is 2.38. The molecule has 0 unspecified atom stereocenters. The fraction of sp³-hybridized carbons (Fsp3) is 0.455. The van der Waals surface area contributed by atoms with Gasteiger partial charge >= 0.3 is 0 Å². The molecule has 0 aliphatic heterocycles. The van der Waals surface area contributed by atoms with E-state index in [1.54, 1.807) is 0 Å². The number of halogens is 1. The van der Waals surface area contributed by atoms with Crippen molar-refractivity contribution in [2.24, 2.45) is 0 Å². The molecule has 0 radical (unpaired) electrons. The molecular weight excluding hydrogens is 245 g/mol. The Morgan fingerprint density at radius 2 is 2.17 bits per heavy atom. The van der Waals surface area contributed by atoms with Crippen molar-refractivity contribution in [3.63, 3.8) is 0 Å². The summed E-state index contributed by atoms with van der Waals surface area (Å²) in [4.78, 5) is 10.2. The number of ether oxygens (including phenoxy) is 2. The molecule has 1 N–H and O–H groups in total. The van der Waals surface area contributed by atoms with Gasteiger partial charge in [0.15, 0.2) is 11.5 Å². The normalized spacial score (nSPS) is 10.2. The maximum atomic E-state index is 12.0. The molecule has 0 bridgehead atoms. The van der Waals surface area contributed by atoms with Gasteiger partial charge in [0.25, 0.3) is 5.69 Å². The molecule has 7 heteroatoms. The third-order valence-electron chi connectivity index (χ3n) is 2.27. The Morgan fingerprint density at radius 1 is 1.44 bits per heavy atom. The number of aliphatic hydroxyl groups is 1. The zero-order valence-electron chi connectivity index (χ0n) is 9.89. The molecule has 0 saturated heterocycles. The van der Waals surface area contributed by atoms with Gasteiger partial charge in [-0.25, -0.2) is 0 Å². The second-order valence-corrected chi connectivity index (χ2v) is 3.44. The van der Waals surface area contributed by atoms with Gasteiger partial charge in [0, 0.05) is 6.42 Å². The average molecular weight is 259 g/mol. The van der Waals surface area contributed by atoms with E-state index in [1.165, 1.54) is 19.2 Å². The molecular formula is C11H14FNO5. The molecule has 0 aliphatic carbocycles. The van der Waals surface area contributed by atoms with Crippen LogP contribution >= 0.6 is 0 Å². The number of aliphatic hydroxyl groups excluding tert-OH is 1. The predicted octanol–water partition coefficient (Wildman–Crippen LogP) is 1.83. The number of nitro benzene ring substituents is 1. The molecule has 6 nitrogen and oxygen atoms in total. The number of methoxy groups -OCH3 is 1.